The quantitative estimate of drug-likeness (QED) is 0.776. The predicted octanol–water partition coefficient (Wildman–Crippen LogP) is 3.39. The topological polar surface area (TPSA) is 24.8 Å². The number of aliphatic imine (C=N–C) groups is 1. The molecule has 0 amide bonds. The van der Waals surface area contributed by atoms with Gasteiger partial charge in [0.2, 0.25) is 0 Å². The van der Waals surface area contributed by atoms with Crippen molar-refractivity contribution in [3.63, 3.8) is 0 Å². The molecule has 0 N–H and O–H groups in total. The zero-order chi connectivity index (χ0) is 15.3. The van der Waals surface area contributed by atoms with E-state index in [9.17, 15) is 0 Å². The van der Waals surface area contributed by atoms with Gasteiger partial charge in [-0.1, -0.05) is 30.3 Å². The summed E-state index contributed by atoms with van der Waals surface area (Å²) in [5.41, 5.74) is 1.33. The molecule has 0 spiro atoms. The van der Waals surface area contributed by atoms with Crippen molar-refractivity contribution < 1.29 is 4.74 Å². The fourth-order valence-electron chi connectivity index (χ4n) is 3.36. The Morgan fingerprint density at radius 1 is 1.24 bits per heavy atom. The zero-order valence-electron chi connectivity index (χ0n) is 13.8. The average molecular weight is 288 g/mol. The summed E-state index contributed by atoms with van der Waals surface area (Å²) in [5, 5.41) is 0. The van der Waals surface area contributed by atoms with Crippen LogP contribution >= 0.6 is 0 Å². The highest BCUT2D eigenvalue weighted by molar-refractivity contribution is 5.66. The van der Waals surface area contributed by atoms with Crippen molar-refractivity contribution in [3.8, 4) is 0 Å². The molecule has 1 aliphatic heterocycles. The van der Waals surface area contributed by atoms with E-state index in [1.807, 2.05) is 6.07 Å². The van der Waals surface area contributed by atoms with E-state index in [0.29, 0.717) is 0 Å². The van der Waals surface area contributed by atoms with Gasteiger partial charge in [0.25, 0.3) is 0 Å². The second-order valence-corrected chi connectivity index (χ2v) is 7.09. The number of benzene rings is 1. The first-order chi connectivity index (χ1) is 9.91. The highest BCUT2D eigenvalue weighted by Crippen LogP contribution is 2.38. The van der Waals surface area contributed by atoms with Crippen molar-refractivity contribution in [2.45, 2.75) is 38.8 Å². The highest BCUT2D eigenvalue weighted by atomic mass is 16.5. The largest absolute Gasteiger partial charge is 0.376 e. The summed E-state index contributed by atoms with van der Waals surface area (Å²) in [4.78, 5) is 7.01. The van der Waals surface area contributed by atoms with Crippen molar-refractivity contribution in [1.29, 1.82) is 0 Å². The number of rotatable bonds is 5. The van der Waals surface area contributed by atoms with Crippen molar-refractivity contribution in [2.75, 3.05) is 27.2 Å². The van der Waals surface area contributed by atoms with Crippen LogP contribution in [0.15, 0.2) is 35.3 Å². The fraction of sp³-hybridized carbons (Fsp3) is 0.611. The van der Waals surface area contributed by atoms with Crippen LogP contribution in [0, 0.1) is 5.41 Å². The molecule has 0 radical (unpaired) electrons. The van der Waals surface area contributed by atoms with Gasteiger partial charge >= 0.3 is 0 Å². The van der Waals surface area contributed by atoms with Crippen LogP contribution in [0.3, 0.4) is 0 Å². The molecular formula is C18H28N2O. The molecule has 3 nitrogen and oxygen atoms in total. The van der Waals surface area contributed by atoms with Gasteiger partial charge < -0.3 is 9.64 Å². The molecule has 0 aliphatic carbocycles. The van der Waals surface area contributed by atoms with Gasteiger partial charge in [0.15, 0.2) is 0 Å². The van der Waals surface area contributed by atoms with E-state index in [0.717, 1.165) is 32.5 Å². The van der Waals surface area contributed by atoms with Crippen LogP contribution < -0.4 is 0 Å². The van der Waals surface area contributed by atoms with Crippen LogP contribution in [-0.4, -0.2) is 44.0 Å². The minimum absolute atomic E-state index is 0.0625. The van der Waals surface area contributed by atoms with Crippen LogP contribution in [-0.2, 0) is 11.3 Å². The van der Waals surface area contributed by atoms with Crippen LogP contribution in [0.2, 0.25) is 0 Å². The number of hydrogen-bond donors (Lipinski definition) is 0. The van der Waals surface area contributed by atoms with E-state index in [-0.39, 0.29) is 11.0 Å². The first kappa shape index (κ1) is 16.2. The third-order valence-corrected chi connectivity index (χ3v) is 3.98. The third kappa shape index (κ3) is 4.94. The lowest BCUT2D eigenvalue weighted by atomic mass is 9.74. The molecule has 1 aromatic carbocycles. The SMILES string of the molecule is CN(C)C[C@]1(C=NCc2ccccc2)CCOC(C)(C)C1. The first-order valence-corrected chi connectivity index (χ1v) is 7.75. The van der Waals surface area contributed by atoms with Gasteiger partial charge in [-0.2, -0.15) is 0 Å². The van der Waals surface area contributed by atoms with Crippen LogP contribution in [0.5, 0.6) is 0 Å². The Kier molecular flexibility index (Phi) is 5.17. The molecule has 0 aromatic heterocycles. The van der Waals surface area contributed by atoms with E-state index < -0.39 is 0 Å². The van der Waals surface area contributed by atoms with Crippen LogP contribution in [0.4, 0.5) is 0 Å². The Morgan fingerprint density at radius 2 is 1.95 bits per heavy atom. The molecule has 1 heterocycles. The zero-order valence-corrected chi connectivity index (χ0v) is 13.8. The molecule has 1 aliphatic rings. The molecule has 3 heteroatoms. The van der Waals surface area contributed by atoms with Gasteiger partial charge in [0, 0.05) is 24.8 Å². The first-order valence-electron chi connectivity index (χ1n) is 7.75. The Hall–Kier alpha value is -1.19. The smallest absolute Gasteiger partial charge is 0.0636 e. The molecule has 2 rings (SSSR count). The van der Waals surface area contributed by atoms with Gasteiger partial charge in [-0.3, -0.25) is 4.99 Å². The Bertz CT molecular complexity index is 467. The number of hydrogen-bond acceptors (Lipinski definition) is 3. The lowest BCUT2D eigenvalue weighted by Gasteiger charge is -2.44. The maximum atomic E-state index is 5.89. The van der Waals surface area contributed by atoms with Crippen molar-refractivity contribution in [1.82, 2.24) is 4.90 Å². The summed E-state index contributed by atoms with van der Waals surface area (Å²) in [6, 6.07) is 10.4. The maximum absolute atomic E-state index is 5.89. The molecular weight excluding hydrogens is 260 g/mol. The molecule has 1 atom stereocenters. The summed E-state index contributed by atoms with van der Waals surface area (Å²) in [6.07, 6.45) is 4.27. The second kappa shape index (κ2) is 6.71. The van der Waals surface area contributed by atoms with Gasteiger partial charge in [-0.05, 0) is 46.3 Å². The van der Waals surface area contributed by atoms with E-state index >= 15 is 0 Å². The van der Waals surface area contributed by atoms with E-state index in [1.165, 1.54) is 5.56 Å². The van der Waals surface area contributed by atoms with E-state index in [4.69, 9.17) is 9.73 Å². The van der Waals surface area contributed by atoms with Crippen LogP contribution in [0.25, 0.3) is 0 Å². The summed E-state index contributed by atoms with van der Waals surface area (Å²) in [5.74, 6) is 0. The molecule has 21 heavy (non-hydrogen) atoms. The van der Waals surface area contributed by atoms with E-state index in [1.54, 1.807) is 0 Å². The molecule has 0 unspecified atom stereocenters. The lowest BCUT2D eigenvalue weighted by Crippen LogP contribution is -2.47. The predicted molar refractivity (Wildman–Crippen MR) is 88.9 cm³/mol. The standard InChI is InChI=1S/C18H28N2O/c1-17(2)13-18(10-11-21-17,15-20(3)4)14-19-12-16-8-6-5-7-9-16/h5-9,14H,10-13,15H2,1-4H3/t18-/m1/s1. The Balaban J connectivity index is 2.09. The van der Waals surface area contributed by atoms with Crippen molar-refractivity contribution in [3.05, 3.63) is 35.9 Å². The van der Waals surface area contributed by atoms with Crippen LogP contribution in [0.1, 0.15) is 32.3 Å². The summed E-state index contributed by atoms with van der Waals surface area (Å²) < 4.78 is 5.89. The summed E-state index contributed by atoms with van der Waals surface area (Å²) in [7, 11) is 4.27. The Labute approximate surface area is 129 Å². The third-order valence-electron chi connectivity index (χ3n) is 3.98. The lowest BCUT2D eigenvalue weighted by molar-refractivity contribution is -0.0887. The van der Waals surface area contributed by atoms with E-state index in [2.05, 4.69) is 63.3 Å². The summed E-state index contributed by atoms with van der Waals surface area (Å²) in [6.45, 7) is 6.97. The monoisotopic (exact) mass is 288 g/mol. The minimum Gasteiger partial charge on any atom is -0.376 e. The second-order valence-electron chi connectivity index (χ2n) is 7.09. The van der Waals surface area contributed by atoms with Gasteiger partial charge in [0.1, 0.15) is 0 Å². The minimum atomic E-state index is -0.0625. The number of nitrogens with zero attached hydrogens (tertiary/aromatic N) is 2. The number of ether oxygens (including phenoxy) is 1. The highest BCUT2D eigenvalue weighted by Gasteiger charge is 2.40. The van der Waals surface area contributed by atoms with Crippen molar-refractivity contribution >= 4 is 6.21 Å². The van der Waals surface area contributed by atoms with Gasteiger partial charge in [-0.25, -0.2) is 0 Å². The molecule has 0 saturated carbocycles. The molecule has 1 fully saturated rings. The van der Waals surface area contributed by atoms with Crippen molar-refractivity contribution in [2.24, 2.45) is 10.4 Å². The Morgan fingerprint density at radius 3 is 2.57 bits per heavy atom. The van der Waals surface area contributed by atoms with Gasteiger partial charge in [-0.15, -0.1) is 0 Å². The fourth-order valence-corrected chi connectivity index (χ4v) is 3.36. The average Bonchev–Trinajstić information content (AvgIpc) is 2.37. The normalized spacial score (nSPS) is 25.6. The molecule has 0 bridgehead atoms. The molecule has 116 valence electrons. The van der Waals surface area contributed by atoms with Gasteiger partial charge in [0.05, 0.1) is 12.1 Å². The molecule has 1 saturated heterocycles. The summed E-state index contributed by atoms with van der Waals surface area (Å²) >= 11 is 0. The maximum Gasteiger partial charge on any atom is 0.0636 e. The molecule has 1 aromatic rings.